The molecule has 1 aromatic rings. The third kappa shape index (κ3) is 5.70. The molecular formula is C11H21ClN4O. The Kier molecular flexibility index (Phi) is 6.20. The summed E-state index contributed by atoms with van der Waals surface area (Å²) in [5, 5.41) is 6.94. The first kappa shape index (κ1) is 15.9. The molecule has 0 aliphatic rings. The first-order valence-electron chi connectivity index (χ1n) is 5.44. The molecule has 0 spiro atoms. The van der Waals surface area contributed by atoms with Gasteiger partial charge >= 0.3 is 0 Å². The molecule has 6 heteroatoms. The van der Waals surface area contributed by atoms with Crippen molar-refractivity contribution in [1.82, 2.24) is 15.1 Å². The van der Waals surface area contributed by atoms with E-state index in [2.05, 4.69) is 17.3 Å². The molecule has 1 rings (SSSR count). The molecule has 1 atom stereocenters. The van der Waals surface area contributed by atoms with Gasteiger partial charge in [0.25, 0.3) is 0 Å². The Bertz CT molecular complexity index is 332. The lowest BCUT2D eigenvalue weighted by Gasteiger charge is -2.20. The zero-order chi connectivity index (χ0) is 12.2. The Balaban J connectivity index is 0.00000256. The molecule has 1 amide bonds. The quantitative estimate of drug-likeness (QED) is 0.822. The summed E-state index contributed by atoms with van der Waals surface area (Å²) in [6.07, 6.45) is 3.65. The Morgan fingerprint density at radius 3 is 2.71 bits per heavy atom. The van der Waals surface area contributed by atoms with Gasteiger partial charge in [0.1, 0.15) is 0 Å². The van der Waals surface area contributed by atoms with Gasteiger partial charge < -0.3 is 11.1 Å². The normalized spacial score (nSPS) is 12.7. The largest absolute Gasteiger partial charge is 0.354 e. The minimum atomic E-state index is -0.814. The molecule has 0 aliphatic heterocycles. The van der Waals surface area contributed by atoms with Crippen LogP contribution in [0.3, 0.4) is 0 Å². The van der Waals surface area contributed by atoms with E-state index < -0.39 is 5.54 Å². The molecule has 1 aromatic heterocycles. The number of amides is 1. The Hall–Kier alpha value is -1.07. The summed E-state index contributed by atoms with van der Waals surface area (Å²) >= 11 is 0. The van der Waals surface area contributed by atoms with Crippen LogP contribution in [0.2, 0.25) is 0 Å². The second-order valence-corrected chi connectivity index (χ2v) is 4.76. The number of carbonyl (C=O) groups excluding carboxylic acids is 1. The fraction of sp³-hybridized carbons (Fsp3) is 0.636. The fourth-order valence-corrected chi connectivity index (χ4v) is 1.29. The second kappa shape index (κ2) is 6.61. The van der Waals surface area contributed by atoms with Crippen molar-refractivity contribution in [1.29, 1.82) is 0 Å². The number of hydrogen-bond donors (Lipinski definition) is 2. The van der Waals surface area contributed by atoms with Gasteiger partial charge in [-0.2, -0.15) is 5.10 Å². The summed E-state index contributed by atoms with van der Waals surface area (Å²) in [6.45, 7) is 6.85. The van der Waals surface area contributed by atoms with Gasteiger partial charge in [-0.05, 0) is 25.8 Å². The summed E-state index contributed by atoms with van der Waals surface area (Å²) in [5.74, 6) is 0.200. The van der Waals surface area contributed by atoms with Crippen molar-refractivity contribution in [3.63, 3.8) is 0 Å². The molecule has 0 aromatic carbocycles. The predicted octanol–water partition coefficient (Wildman–Crippen LogP) is 0.795. The van der Waals surface area contributed by atoms with Gasteiger partial charge in [0.05, 0.1) is 5.54 Å². The van der Waals surface area contributed by atoms with Gasteiger partial charge in [-0.3, -0.25) is 9.48 Å². The molecule has 0 bridgehead atoms. The third-order valence-electron chi connectivity index (χ3n) is 2.25. The van der Waals surface area contributed by atoms with Crippen LogP contribution < -0.4 is 11.1 Å². The van der Waals surface area contributed by atoms with Crippen LogP contribution in [0.15, 0.2) is 18.5 Å². The number of aromatic nitrogens is 2. The third-order valence-corrected chi connectivity index (χ3v) is 2.25. The van der Waals surface area contributed by atoms with Crippen molar-refractivity contribution in [3.8, 4) is 0 Å². The van der Waals surface area contributed by atoms with Crippen LogP contribution in [-0.4, -0.2) is 27.8 Å². The highest BCUT2D eigenvalue weighted by Crippen LogP contribution is 2.00. The highest BCUT2D eigenvalue weighted by atomic mass is 35.5. The van der Waals surface area contributed by atoms with Crippen molar-refractivity contribution >= 4 is 18.3 Å². The van der Waals surface area contributed by atoms with E-state index in [0.29, 0.717) is 12.5 Å². The van der Waals surface area contributed by atoms with Crippen molar-refractivity contribution in [2.45, 2.75) is 32.9 Å². The maximum absolute atomic E-state index is 11.5. The minimum Gasteiger partial charge on any atom is -0.354 e. The first-order chi connectivity index (χ1) is 7.39. The molecule has 1 unspecified atom stereocenters. The molecule has 17 heavy (non-hydrogen) atoms. The second-order valence-electron chi connectivity index (χ2n) is 4.76. The molecule has 0 saturated heterocycles. The van der Waals surface area contributed by atoms with Gasteiger partial charge in [0, 0.05) is 25.5 Å². The van der Waals surface area contributed by atoms with E-state index in [-0.39, 0.29) is 18.3 Å². The smallest absolute Gasteiger partial charge is 0.239 e. The number of nitrogens with one attached hydrogen (secondary N) is 1. The van der Waals surface area contributed by atoms with Crippen LogP contribution in [0.1, 0.15) is 20.8 Å². The summed E-state index contributed by atoms with van der Waals surface area (Å²) < 4.78 is 1.85. The van der Waals surface area contributed by atoms with Gasteiger partial charge in [-0.25, -0.2) is 0 Å². The zero-order valence-electron chi connectivity index (χ0n) is 10.5. The molecule has 0 fully saturated rings. The van der Waals surface area contributed by atoms with Crippen LogP contribution in [0.25, 0.3) is 0 Å². The Morgan fingerprint density at radius 2 is 2.24 bits per heavy atom. The van der Waals surface area contributed by atoms with E-state index in [1.165, 1.54) is 0 Å². The number of carbonyl (C=O) groups is 1. The average Bonchev–Trinajstić information content (AvgIpc) is 2.65. The summed E-state index contributed by atoms with van der Waals surface area (Å²) in [5.41, 5.74) is 4.86. The van der Waals surface area contributed by atoms with Gasteiger partial charge in [-0.1, -0.05) is 6.92 Å². The maximum Gasteiger partial charge on any atom is 0.239 e. The molecule has 98 valence electrons. The number of nitrogens with zero attached hydrogens (tertiary/aromatic N) is 2. The molecule has 0 aliphatic carbocycles. The topological polar surface area (TPSA) is 72.9 Å². The Labute approximate surface area is 108 Å². The van der Waals surface area contributed by atoms with E-state index in [9.17, 15) is 4.79 Å². The van der Waals surface area contributed by atoms with Gasteiger partial charge in [0.2, 0.25) is 5.91 Å². The van der Waals surface area contributed by atoms with E-state index in [1.807, 2.05) is 16.9 Å². The van der Waals surface area contributed by atoms with Crippen LogP contribution in [0, 0.1) is 5.92 Å². The number of nitrogens with two attached hydrogens (primary N) is 1. The molecule has 5 nitrogen and oxygen atoms in total. The number of hydrogen-bond acceptors (Lipinski definition) is 3. The van der Waals surface area contributed by atoms with E-state index in [4.69, 9.17) is 5.73 Å². The molecule has 1 heterocycles. The Morgan fingerprint density at radius 1 is 1.59 bits per heavy atom. The highest BCUT2D eigenvalue weighted by molar-refractivity contribution is 5.85. The fourth-order valence-electron chi connectivity index (χ4n) is 1.29. The average molecular weight is 261 g/mol. The lowest BCUT2D eigenvalue weighted by molar-refractivity contribution is -0.125. The molecule has 0 saturated carbocycles. The summed E-state index contributed by atoms with van der Waals surface area (Å²) in [4.78, 5) is 11.5. The zero-order valence-corrected chi connectivity index (χ0v) is 11.3. The van der Waals surface area contributed by atoms with Gasteiger partial charge in [0.15, 0.2) is 0 Å². The van der Waals surface area contributed by atoms with E-state index in [0.717, 1.165) is 6.54 Å². The van der Waals surface area contributed by atoms with Crippen molar-refractivity contribution < 1.29 is 4.79 Å². The van der Waals surface area contributed by atoms with Crippen LogP contribution in [0.5, 0.6) is 0 Å². The maximum atomic E-state index is 11.5. The van der Waals surface area contributed by atoms with Gasteiger partial charge in [-0.15, -0.1) is 12.4 Å². The number of halogens is 1. The molecule has 0 radical (unpaired) electrons. The number of rotatable bonds is 5. The molecule has 3 N–H and O–H groups in total. The van der Waals surface area contributed by atoms with E-state index in [1.54, 1.807) is 20.0 Å². The highest BCUT2D eigenvalue weighted by Gasteiger charge is 2.21. The van der Waals surface area contributed by atoms with E-state index >= 15 is 0 Å². The van der Waals surface area contributed by atoms with Crippen LogP contribution in [-0.2, 0) is 11.3 Å². The first-order valence-corrected chi connectivity index (χ1v) is 5.44. The predicted molar refractivity (Wildman–Crippen MR) is 69.9 cm³/mol. The molecular weight excluding hydrogens is 240 g/mol. The van der Waals surface area contributed by atoms with Crippen LogP contribution in [0.4, 0.5) is 0 Å². The summed E-state index contributed by atoms with van der Waals surface area (Å²) in [6, 6.07) is 1.88. The lowest BCUT2D eigenvalue weighted by atomic mass is 10.1. The SMILES string of the molecule is CC(CNC(=O)C(C)(C)N)Cn1cccn1.Cl. The summed E-state index contributed by atoms with van der Waals surface area (Å²) in [7, 11) is 0. The van der Waals surface area contributed by atoms with Crippen LogP contribution >= 0.6 is 12.4 Å². The van der Waals surface area contributed by atoms with Crippen molar-refractivity contribution in [3.05, 3.63) is 18.5 Å². The standard InChI is InChI=1S/C11H20N4O.ClH/c1-9(8-15-6-4-5-14-15)7-13-10(16)11(2,3)12;/h4-6,9H,7-8,12H2,1-3H3,(H,13,16);1H. The minimum absolute atomic E-state index is 0. The van der Waals surface area contributed by atoms with Crippen molar-refractivity contribution in [2.24, 2.45) is 11.7 Å². The van der Waals surface area contributed by atoms with Crippen molar-refractivity contribution in [2.75, 3.05) is 6.54 Å². The lowest BCUT2D eigenvalue weighted by Crippen LogP contribution is -2.50. The monoisotopic (exact) mass is 260 g/mol.